The van der Waals surface area contributed by atoms with Gasteiger partial charge in [0.2, 0.25) is 5.43 Å². The monoisotopic (exact) mass is 436 g/mol. The largest absolute Gasteiger partial charge is 0.335 e. The van der Waals surface area contributed by atoms with Crippen molar-refractivity contribution in [3.05, 3.63) is 77.3 Å². The molecule has 0 fully saturated rings. The van der Waals surface area contributed by atoms with Gasteiger partial charge in [0.15, 0.2) is 0 Å². The number of halogens is 2. The third kappa shape index (κ3) is 3.70. The highest BCUT2D eigenvalue weighted by Crippen LogP contribution is 2.29. The Morgan fingerprint density at radius 2 is 2.07 bits per heavy atom. The minimum Gasteiger partial charge on any atom is -0.335 e. The molecule has 0 saturated carbocycles. The van der Waals surface area contributed by atoms with Gasteiger partial charge in [-0.1, -0.05) is 47.1 Å². The average Bonchev–Trinajstić information content (AvgIpc) is 2.98. The number of aryl methyl sites for hydroxylation is 1. The second kappa shape index (κ2) is 8.00. The number of hydrogen-bond donors (Lipinski definition) is 0. The molecule has 4 rings (SSSR count). The van der Waals surface area contributed by atoms with E-state index in [1.54, 1.807) is 17.4 Å². The molecule has 140 valence electrons. The molecule has 0 N–H and O–H groups in total. The lowest BCUT2D eigenvalue weighted by atomic mass is 10.0. The summed E-state index contributed by atoms with van der Waals surface area (Å²) in [6, 6.07) is 5.54. The molecule has 2 aliphatic heterocycles. The van der Waals surface area contributed by atoms with E-state index in [2.05, 4.69) is 16.1 Å². The molecule has 0 amide bonds. The van der Waals surface area contributed by atoms with E-state index in [1.807, 2.05) is 18.2 Å². The number of benzene rings is 1. The SMILES string of the molecule is C=CCn1c2c(sc3nc(SCc4ccc(Cl)c(Cl)c4)c(=O)c1=3)CCCC2. The van der Waals surface area contributed by atoms with Crippen molar-refractivity contribution in [3.63, 3.8) is 0 Å². The Labute approximate surface area is 175 Å². The van der Waals surface area contributed by atoms with Crippen LogP contribution in [0.25, 0.3) is 0 Å². The van der Waals surface area contributed by atoms with Gasteiger partial charge in [-0.25, -0.2) is 4.98 Å². The van der Waals surface area contributed by atoms with Crippen LogP contribution in [0.3, 0.4) is 0 Å². The van der Waals surface area contributed by atoms with Crippen LogP contribution in [-0.2, 0) is 25.1 Å². The first kappa shape index (κ1) is 19.1. The number of fused-ring (bicyclic) bond motifs is 1. The Bertz CT molecular complexity index is 1140. The van der Waals surface area contributed by atoms with Crippen molar-refractivity contribution < 1.29 is 0 Å². The minimum absolute atomic E-state index is 0.0153. The van der Waals surface area contributed by atoms with Crippen LogP contribution in [0.1, 0.15) is 29.0 Å². The molecule has 0 spiro atoms. The van der Waals surface area contributed by atoms with Crippen LogP contribution in [0.5, 0.6) is 0 Å². The van der Waals surface area contributed by atoms with Crippen molar-refractivity contribution in [2.45, 2.75) is 43.0 Å². The van der Waals surface area contributed by atoms with E-state index in [-0.39, 0.29) is 5.43 Å². The Morgan fingerprint density at radius 1 is 1.26 bits per heavy atom. The predicted octanol–water partition coefficient (Wildman–Crippen LogP) is 5.69. The van der Waals surface area contributed by atoms with Crippen molar-refractivity contribution in [1.82, 2.24) is 9.55 Å². The molecule has 0 radical (unpaired) electrons. The van der Waals surface area contributed by atoms with Gasteiger partial charge in [-0.2, -0.15) is 0 Å². The summed E-state index contributed by atoms with van der Waals surface area (Å²) in [6.07, 6.45) is 6.32. The van der Waals surface area contributed by atoms with Crippen LogP contribution in [-0.4, -0.2) is 9.55 Å². The number of nitrogens with zero attached hydrogens (tertiary/aromatic N) is 2. The fourth-order valence-electron chi connectivity index (χ4n) is 3.42. The average molecular weight is 437 g/mol. The van der Waals surface area contributed by atoms with Gasteiger partial charge in [0.25, 0.3) is 0 Å². The molecule has 1 aromatic rings. The maximum absolute atomic E-state index is 13.1. The molecule has 1 aliphatic carbocycles. The van der Waals surface area contributed by atoms with Gasteiger partial charge < -0.3 is 4.57 Å². The van der Waals surface area contributed by atoms with Crippen molar-refractivity contribution in [1.29, 1.82) is 0 Å². The number of rotatable bonds is 5. The normalized spacial score (nSPS) is 13.7. The fourth-order valence-corrected chi connectivity index (χ4v) is 5.91. The van der Waals surface area contributed by atoms with E-state index in [4.69, 9.17) is 23.2 Å². The fraction of sp³-hybridized carbons (Fsp3) is 0.300. The highest BCUT2D eigenvalue weighted by molar-refractivity contribution is 7.98. The summed E-state index contributed by atoms with van der Waals surface area (Å²) in [6.45, 7) is 4.51. The van der Waals surface area contributed by atoms with Gasteiger partial charge in [-0.05, 0) is 43.4 Å². The molecular formula is C20H18Cl2N2OS2. The van der Waals surface area contributed by atoms with Gasteiger partial charge in [0.1, 0.15) is 15.0 Å². The molecule has 0 atom stereocenters. The van der Waals surface area contributed by atoms with Gasteiger partial charge in [0.05, 0.1) is 10.0 Å². The van der Waals surface area contributed by atoms with Crippen LogP contribution < -0.4 is 5.43 Å². The topological polar surface area (TPSA) is 34.9 Å². The molecule has 0 unspecified atom stereocenters. The van der Waals surface area contributed by atoms with Crippen molar-refractivity contribution >= 4 is 46.3 Å². The summed E-state index contributed by atoms with van der Waals surface area (Å²) < 4.78 is 2.96. The predicted molar refractivity (Wildman–Crippen MR) is 115 cm³/mol. The Morgan fingerprint density at radius 3 is 2.85 bits per heavy atom. The van der Waals surface area contributed by atoms with Gasteiger partial charge >= 0.3 is 0 Å². The number of aromatic nitrogens is 2. The van der Waals surface area contributed by atoms with Crippen molar-refractivity contribution in [2.24, 2.45) is 0 Å². The number of hydrogen-bond acceptors (Lipinski definition) is 4. The van der Waals surface area contributed by atoms with Crippen LogP contribution in [0.15, 0.2) is 40.7 Å². The zero-order valence-electron chi connectivity index (χ0n) is 14.6. The van der Waals surface area contributed by atoms with E-state index < -0.39 is 0 Å². The Balaban J connectivity index is 1.73. The first-order chi connectivity index (χ1) is 13.1. The first-order valence-corrected chi connectivity index (χ1v) is 11.4. The number of allylic oxidation sites excluding steroid dienone is 1. The molecule has 7 heteroatoms. The van der Waals surface area contributed by atoms with Crippen molar-refractivity contribution in [3.8, 4) is 0 Å². The summed E-state index contributed by atoms with van der Waals surface area (Å²) >= 11 is 15.2. The van der Waals surface area contributed by atoms with E-state index in [0.29, 0.717) is 27.4 Å². The van der Waals surface area contributed by atoms with E-state index in [1.165, 1.54) is 35.2 Å². The van der Waals surface area contributed by atoms with Gasteiger partial charge in [-0.3, -0.25) is 4.79 Å². The lowest BCUT2D eigenvalue weighted by molar-refractivity contribution is 0.617. The zero-order chi connectivity index (χ0) is 19.0. The van der Waals surface area contributed by atoms with E-state index >= 15 is 0 Å². The molecule has 27 heavy (non-hydrogen) atoms. The Kier molecular flexibility index (Phi) is 5.65. The molecule has 3 aliphatic rings. The third-order valence-corrected chi connectivity index (χ3v) is 7.62. The summed E-state index contributed by atoms with van der Waals surface area (Å²) in [5.41, 5.74) is 2.31. The van der Waals surface area contributed by atoms with Crippen LogP contribution in [0.4, 0.5) is 0 Å². The third-order valence-electron chi connectivity index (χ3n) is 4.69. The maximum Gasteiger partial charge on any atom is 0.237 e. The Hall–Kier alpha value is -1.27. The molecule has 0 saturated heterocycles. The molecule has 1 aromatic carbocycles. The van der Waals surface area contributed by atoms with Gasteiger partial charge in [-0.15, -0.1) is 17.9 Å². The molecule has 0 aromatic heterocycles. The summed E-state index contributed by atoms with van der Waals surface area (Å²) in [5.74, 6) is 0.626. The lowest BCUT2D eigenvalue weighted by Crippen LogP contribution is -2.17. The van der Waals surface area contributed by atoms with E-state index in [0.717, 1.165) is 28.4 Å². The molecule has 0 bridgehead atoms. The molecule has 3 nitrogen and oxygen atoms in total. The summed E-state index contributed by atoms with van der Waals surface area (Å²) in [7, 11) is 0. The first-order valence-electron chi connectivity index (χ1n) is 8.81. The number of thioether (sulfide) groups is 1. The van der Waals surface area contributed by atoms with Crippen LogP contribution >= 0.6 is 46.3 Å². The van der Waals surface area contributed by atoms with E-state index in [9.17, 15) is 4.79 Å². The second-order valence-corrected chi connectivity index (χ2v) is 9.38. The highest BCUT2D eigenvalue weighted by Gasteiger charge is 2.19. The summed E-state index contributed by atoms with van der Waals surface area (Å²) in [5, 5.41) is 2.33. The highest BCUT2D eigenvalue weighted by atomic mass is 35.5. The van der Waals surface area contributed by atoms with Gasteiger partial charge in [0, 0.05) is 22.9 Å². The smallest absolute Gasteiger partial charge is 0.237 e. The quantitative estimate of drug-likeness (QED) is 0.380. The van der Waals surface area contributed by atoms with Crippen LogP contribution in [0, 0.1) is 10.0 Å². The second-order valence-electron chi connectivity index (χ2n) is 6.52. The minimum atomic E-state index is 0.0153. The van der Waals surface area contributed by atoms with Crippen molar-refractivity contribution in [2.75, 3.05) is 0 Å². The lowest BCUT2D eigenvalue weighted by Gasteiger charge is -2.20. The maximum atomic E-state index is 13.1. The molecular weight excluding hydrogens is 419 g/mol. The summed E-state index contributed by atoms with van der Waals surface area (Å²) in [4.78, 5) is 19.1. The zero-order valence-corrected chi connectivity index (χ0v) is 17.8. The van der Waals surface area contributed by atoms with Crippen LogP contribution in [0.2, 0.25) is 10.0 Å². The standard InChI is InChI=1S/C20H18Cl2N2OS2/c1-2-9-24-15-5-3-4-6-16(15)27-19-17(24)18(25)20(23-19)26-11-12-7-8-13(21)14(22)10-12/h2,7-8,10H,1,3-6,9,11H2. The molecule has 2 heterocycles.